The van der Waals surface area contributed by atoms with Crippen LogP contribution in [0.3, 0.4) is 0 Å². The second-order valence-electron chi connectivity index (χ2n) is 8.21. The number of anilines is 1. The fourth-order valence-corrected chi connectivity index (χ4v) is 4.73. The number of halogens is 2. The highest BCUT2D eigenvalue weighted by molar-refractivity contribution is 14.1. The van der Waals surface area contributed by atoms with Crippen molar-refractivity contribution in [3.63, 3.8) is 0 Å². The molecule has 5 rings (SSSR count). The molecule has 2 aliphatic rings. The Morgan fingerprint density at radius 1 is 1.09 bits per heavy atom. The first-order valence-electron chi connectivity index (χ1n) is 10.5. The molecule has 4 heterocycles. The summed E-state index contributed by atoms with van der Waals surface area (Å²) in [5.74, 6) is 1.55. The molecule has 2 aromatic heterocycles. The lowest BCUT2D eigenvalue weighted by Gasteiger charge is -2.38. The Balaban J connectivity index is 1.23. The first kappa shape index (κ1) is 21.1. The zero-order valence-corrected chi connectivity index (χ0v) is 19.8. The summed E-state index contributed by atoms with van der Waals surface area (Å²) in [7, 11) is 0. The molecule has 1 atom stereocenters. The van der Waals surface area contributed by atoms with Gasteiger partial charge in [-0.15, -0.1) is 0 Å². The molecule has 1 aromatic carbocycles. The summed E-state index contributed by atoms with van der Waals surface area (Å²) in [5.41, 5.74) is 8.54. The molecular formula is C22H24FIN8. The third kappa shape index (κ3) is 3.92. The summed E-state index contributed by atoms with van der Waals surface area (Å²) in [5, 5.41) is 4.37. The predicted molar refractivity (Wildman–Crippen MR) is 132 cm³/mol. The summed E-state index contributed by atoms with van der Waals surface area (Å²) in [6.45, 7) is 5.78. The second-order valence-corrected chi connectivity index (χ2v) is 9.38. The van der Waals surface area contributed by atoms with Gasteiger partial charge in [-0.3, -0.25) is 0 Å². The van der Waals surface area contributed by atoms with Crippen molar-refractivity contribution in [2.24, 2.45) is 10.7 Å². The number of nitrogens with zero attached hydrogens (tertiary/aromatic N) is 5. The van der Waals surface area contributed by atoms with E-state index in [0.717, 1.165) is 63.8 Å². The highest BCUT2D eigenvalue weighted by atomic mass is 127. The number of hydrogen-bond donors (Lipinski definition) is 3. The van der Waals surface area contributed by atoms with Crippen molar-refractivity contribution in [3.05, 3.63) is 63.5 Å². The molecule has 0 amide bonds. The van der Waals surface area contributed by atoms with E-state index in [9.17, 15) is 4.39 Å². The van der Waals surface area contributed by atoms with Crippen molar-refractivity contribution < 1.29 is 4.39 Å². The minimum atomic E-state index is -0.721. The van der Waals surface area contributed by atoms with Gasteiger partial charge in [-0.1, -0.05) is 12.1 Å². The van der Waals surface area contributed by atoms with E-state index in [2.05, 4.69) is 58.7 Å². The average Bonchev–Trinajstić information content (AvgIpc) is 3.20. The van der Waals surface area contributed by atoms with Crippen LogP contribution < -0.4 is 16.0 Å². The normalized spacial score (nSPS) is 18.8. The number of hydrogen-bond acceptors (Lipinski definition) is 7. The van der Waals surface area contributed by atoms with Gasteiger partial charge in [-0.2, -0.15) is 0 Å². The van der Waals surface area contributed by atoms with Crippen molar-refractivity contribution >= 4 is 45.4 Å². The standard InChI is InChI=1S/C22H24FIN8/c1-22(25,14-2-4-16(23)5-3-14)15-11-26-21(27-12-15)32-8-6-31(7-9-32)20-17-10-18(24)30-19(17)28-13-29-20/h2-5,10-11,13H,6-9,12,25H2,1H3,(H,26,27)(H,28,29,30)/t22-/m0/s1. The summed E-state index contributed by atoms with van der Waals surface area (Å²) in [6.07, 6.45) is 3.55. The third-order valence-corrected chi connectivity index (χ3v) is 6.72. The minimum Gasteiger partial charge on any atom is -0.352 e. The lowest BCUT2D eigenvalue weighted by Crippen LogP contribution is -2.53. The van der Waals surface area contributed by atoms with E-state index >= 15 is 0 Å². The zero-order chi connectivity index (χ0) is 22.3. The molecule has 3 aromatic rings. The number of aromatic amines is 1. The smallest absolute Gasteiger partial charge is 0.198 e. The van der Waals surface area contributed by atoms with Crippen LogP contribution in [-0.4, -0.2) is 58.5 Å². The Hall–Kier alpha value is -2.73. The fraction of sp³-hybridized carbons (Fsp3) is 0.318. The lowest BCUT2D eigenvalue weighted by atomic mass is 9.85. The van der Waals surface area contributed by atoms with Crippen LogP contribution in [0, 0.1) is 9.52 Å². The van der Waals surface area contributed by atoms with E-state index in [0.29, 0.717) is 6.54 Å². The number of benzene rings is 1. The van der Waals surface area contributed by atoms with Gasteiger partial charge in [0.15, 0.2) is 5.96 Å². The Morgan fingerprint density at radius 3 is 2.50 bits per heavy atom. The number of guanidine groups is 1. The van der Waals surface area contributed by atoms with Gasteiger partial charge in [0.2, 0.25) is 0 Å². The molecule has 0 radical (unpaired) electrons. The zero-order valence-electron chi connectivity index (χ0n) is 17.6. The lowest BCUT2D eigenvalue weighted by molar-refractivity contribution is 0.373. The van der Waals surface area contributed by atoms with Crippen molar-refractivity contribution in [2.75, 3.05) is 37.6 Å². The first-order chi connectivity index (χ1) is 15.4. The second kappa shape index (κ2) is 8.32. The van der Waals surface area contributed by atoms with Gasteiger partial charge >= 0.3 is 0 Å². The van der Waals surface area contributed by atoms with Gasteiger partial charge in [-0.25, -0.2) is 19.4 Å². The van der Waals surface area contributed by atoms with Gasteiger partial charge in [0, 0.05) is 32.4 Å². The predicted octanol–water partition coefficient (Wildman–Crippen LogP) is 2.54. The van der Waals surface area contributed by atoms with Gasteiger partial charge in [0.25, 0.3) is 0 Å². The van der Waals surface area contributed by atoms with Gasteiger partial charge in [-0.05, 0) is 58.9 Å². The number of piperazine rings is 1. The first-order valence-corrected chi connectivity index (χ1v) is 11.5. The molecule has 166 valence electrons. The highest BCUT2D eigenvalue weighted by Crippen LogP contribution is 2.28. The van der Waals surface area contributed by atoms with Crippen LogP contribution in [0.1, 0.15) is 12.5 Å². The average molecular weight is 546 g/mol. The van der Waals surface area contributed by atoms with Crippen molar-refractivity contribution in [2.45, 2.75) is 12.5 Å². The quantitative estimate of drug-likeness (QED) is 0.437. The van der Waals surface area contributed by atoms with Crippen LogP contribution >= 0.6 is 22.6 Å². The van der Waals surface area contributed by atoms with Crippen LogP contribution in [0.25, 0.3) is 11.0 Å². The number of rotatable bonds is 3. The molecular weight excluding hydrogens is 522 g/mol. The van der Waals surface area contributed by atoms with Gasteiger partial charge < -0.3 is 25.8 Å². The largest absolute Gasteiger partial charge is 0.352 e. The van der Waals surface area contributed by atoms with Crippen molar-refractivity contribution in [1.82, 2.24) is 25.2 Å². The number of H-pyrrole nitrogens is 1. The summed E-state index contributed by atoms with van der Waals surface area (Å²) >= 11 is 2.26. The van der Waals surface area contributed by atoms with Crippen LogP contribution in [0.5, 0.6) is 0 Å². The minimum absolute atomic E-state index is 0.270. The van der Waals surface area contributed by atoms with Gasteiger partial charge in [0.05, 0.1) is 21.2 Å². The fourth-order valence-electron chi connectivity index (χ4n) is 4.17. The summed E-state index contributed by atoms with van der Waals surface area (Å²) in [6, 6.07) is 8.41. The monoisotopic (exact) mass is 546 g/mol. The number of nitrogens with one attached hydrogen (secondary N) is 2. The topological polar surface area (TPSA) is 98.5 Å². The van der Waals surface area contributed by atoms with E-state index in [1.807, 2.05) is 13.1 Å². The Bertz CT molecular complexity index is 1190. The highest BCUT2D eigenvalue weighted by Gasteiger charge is 2.29. The molecule has 32 heavy (non-hydrogen) atoms. The number of fused-ring (bicyclic) bond motifs is 1. The van der Waals surface area contributed by atoms with E-state index in [4.69, 9.17) is 10.7 Å². The molecule has 0 unspecified atom stereocenters. The van der Waals surface area contributed by atoms with E-state index < -0.39 is 5.54 Å². The maximum Gasteiger partial charge on any atom is 0.198 e. The molecule has 0 aliphatic carbocycles. The SMILES string of the molecule is C[C@@](N)(C1=CNC(N2CCN(c3ncnc4[nH]c(I)cc34)CC2)=NC1)c1ccc(F)cc1. The van der Waals surface area contributed by atoms with Crippen molar-refractivity contribution in [3.8, 4) is 0 Å². The molecule has 0 spiro atoms. The maximum absolute atomic E-state index is 13.3. The van der Waals surface area contributed by atoms with Crippen LogP contribution in [0.2, 0.25) is 0 Å². The molecule has 2 aliphatic heterocycles. The molecule has 10 heteroatoms. The molecule has 4 N–H and O–H groups in total. The number of nitrogens with two attached hydrogens (primary N) is 1. The van der Waals surface area contributed by atoms with Crippen molar-refractivity contribution in [1.29, 1.82) is 0 Å². The van der Waals surface area contributed by atoms with Crippen LogP contribution in [0.4, 0.5) is 10.2 Å². The third-order valence-electron chi connectivity index (χ3n) is 6.14. The Morgan fingerprint density at radius 2 is 1.81 bits per heavy atom. The number of aliphatic imine (C=N–C) groups is 1. The maximum atomic E-state index is 13.3. The van der Waals surface area contributed by atoms with E-state index in [-0.39, 0.29) is 5.82 Å². The van der Waals surface area contributed by atoms with E-state index in [1.54, 1.807) is 18.5 Å². The Labute approximate surface area is 198 Å². The van der Waals surface area contributed by atoms with Crippen LogP contribution in [-0.2, 0) is 5.54 Å². The summed E-state index contributed by atoms with van der Waals surface area (Å²) in [4.78, 5) is 21.4. The molecule has 8 nitrogen and oxygen atoms in total. The number of aromatic nitrogens is 3. The molecule has 1 saturated heterocycles. The molecule has 0 saturated carbocycles. The molecule has 1 fully saturated rings. The summed E-state index contributed by atoms with van der Waals surface area (Å²) < 4.78 is 14.3. The molecule has 0 bridgehead atoms. The Kier molecular flexibility index (Phi) is 5.49. The van der Waals surface area contributed by atoms with Gasteiger partial charge in [0.1, 0.15) is 23.6 Å². The van der Waals surface area contributed by atoms with Crippen LogP contribution in [0.15, 0.2) is 53.4 Å². The van der Waals surface area contributed by atoms with E-state index in [1.165, 1.54) is 12.1 Å².